The predicted octanol–water partition coefficient (Wildman–Crippen LogP) is 4.46. The molecule has 9 heteroatoms. The third-order valence-corrected chi connectivity index (χ3v) is 7.36. The highest BCUT2D eigenvalue weighted by molar-refractivity contribution is 7.99. The molecule has 0 aliphatic carbocycles. The number of hydrogen-bond donors (Lipinski definition) is 0. The number of hydrogen-bond acceptors (Lipinski definition) is 7. The van der Waals surface area contributed by atoms with Crippen LogP contribution in [0.25, 0.3) is 17.3 Å². The van der Waals surface area contributed by atoms with Crippen LogP contribution in [0.1, 0.15) is 37.7 Å². The molecule has 2 aromatic heterocycles. The number of aromatic nitrogens is 3. The fourth-order valence-electron chi connectivity index (χ4n) is 4.51. The molecule has 0 N–H and O–H groups in total. The van der Waals surface area contributed by atoms with E-state index in [0.717, 1.165) is 42.3 Å². The Morgan fingerprint density at radius 2 is 1.91 bits per heavy atom. The number of piperidine rings is 1. The van der Waals surface area contributed by atoms with E-state index in [1.54, 1.807) is 18.0 Å². The van der Waals surface area contributed by atoms with Crippen LogP contribution in [0.5, 0.6) is 0 Å². The van der Waals surface area contributed by atoms with Gasteiger partial charge in [-0.3, -0.25) is 9.36 Å². The summed E-state index contributed by atoms with van der Waals surface area (Å²) in [6, 6.07) is 12.0. The molecule has 0 unspecified atom stereocenters. The topological polar surface area (TPSA) is 82.6 Å². The predicted molar refractivity (Wildman–Crippen MR) is 129 cm³/mol. The molecule has 1 amide bonds. The van der Waals surface area contributed by atoms with Crippen molar-refractivity contribution in [1.82, 2.24) is 19.7 Å². The number of rotatable bonds is 8. The maximum Gasteiger partial charge on any atom is 0.222 e. The van der Waals surface area contributed by atoms with Gasteiger partial charge >= 0.3 is 0 Å². The molecular formula is C25H30N4O4S. The second-order valence-corrected chi connectivity index (χ2v) is 9.81. The van der Waals surface area contributed by atoms with Crippen molar-refractivity contribution in [2.45, 2.75) is 50.0 Å². The SMILES string of the molecule is Cc1cccc(-n2c(SCCCCC(=O)N3CCC4(CC3)OCCO4)nnc2-c2ccco2)c1. The van der Waals surface area contributed by atoms with Gasteiger partial charge < -0.3 is 18.8 Å². The number of thioether (sulfide) groups is 1. The maximum atomic E-state index is 12.6. The Hall–Kier alpha value is -2.62. The summed E-state index contributed by atoms with van der Waals surface area (Å²) in [5.41, 5.74) is 2.17. The van der Waals surface area contributed by atoms with E-state index in [-0.39, 0.29) is 5.91 Å². The first kappa shape index (κ1) is 23.1. The van der Waals surface area contributed by atoms with Crippen molar-refractivity contribution >= 4 is 17.7 Å². The second kappa shape index (κ2) is 10.3. The Morgan fingerprint density at radius 1 is 1.09 bits per heavy atom. The molecule has 0 atom stereocenters. The molecule has 8 nitrogen and oxygen atoms in total. The molecule has 180 valence electrons. The number of unbranched alkanes of at least 4 members (excludes halogenated alkanes) is 1. The zero-order valence-corrected chi connectivity index (χ0v) is 20.3. The third-order valence-electron chi connectivity index (χ3n) is 6.34. The summed E-state index contributed by atoms with van der Waals surface area (Å²) in [5.74, 6) is 2.02. The monoisotopic (exact) mass is 482 g/mol. The zero-order chi connectivity index (χ0) is 23.4. The minimum absolute atomic E-state index is 0.223. The van der Waals surface area contributed by atoms with Gasteiger partial charge in [0.2, 0.25) is 11.7 Å². The van der Waals surface area contributed by atoms with Gasteiger partial charge in [-0.2, -0.15) is 0 Å². The van der Waals surface area contributed by atoms with Crippen LogP contribution in [0.4, 0.5) is 0 Å². The van der Waals surface area contributed by atoms with Crippen LogP contribution < -0.4 is 0 Å². The minimum atomic E-state index is -0.435. The van der Waals surface area contributed by atoms with E-state index >= 15 is 0 Å². The second-order valence-electron chi connectivity index (χ2n) is 8.75. The van der Waals surface area contributed by atoms with Crippen molar-refractivity contribution in [3.63, 3.8) is 0 Å². The number of furan rings is 1. The first-order valence-corrected chi connectivity index (χ1v) is 12.9. The molecule has 5 rings (SSSR count). The van der Waals surface area contributed by atoms with Crippen LogP contribution in [0, 0.1) is 6.92 Å². The summed E-state index contributed by atoms with van der Waals surface area (Å²) < 4.78 is 19.1. The molecule has 2 saturated heterocycles. The Morgan fingerprint density at radius 3 is 2.65 bits per heavy atom. The lowest BCUT2D eigenvalue weighted by Crippen LogP contribution is -2.47. The molecule has 1 spiro atoms. The summed E-state index contributed by atoms with van der Waals surface area (Å²) in [5, 5.41) is 9.66. The van der Waals surface area contributed by atoms with Gasteiger partial charge in [0, 0.05) is 38.1 Å². The molecule has 3 aromatic rings. The lowest BCUT2D eigenvalue weighted by molar-refractivity contribution is -0.187. The normalized spacial score (nSPS) is 17.5. The average molecular weight is 483 g/mol. The highest BCUT2D eigenvalue weighted by atomic mass is 32.2. The van der Waals surface area contributed by atoms with Crippen LogP contribution in [0.15, 0.2) is 52.2 Å². The molecule has 2 fully saturated rings. The number of amides is 1. The first-order valence-electron chi connectivity index (χ1n) is 11.9. The minimum Gasteiger partial charge on any atom is -0.461 e. The highest BCUT2D eigenvalue weighted by Gasteiger charge is 2.40. The average Bonchev–Trinajstić information content (AvgIpc) is 3.61. The summed E-state index contributed by atoms with van der Waals surface area (Å²) in [7, 11) is 0. The van der Waals surface area contributed by atoms with Crippen molar-refractivity contribution in [3.05, 3.63) is 48.2 Å². The van der Waals surface area contributed by atoms with E-state index in [1.807, 2.05) is 27.7 Å². The number of ether oxygens (including phenoxy) is 2. The smallest absolute Gasteiger partial charge is 0.222 e. The molecule has 0 bridgehead atoms. The van der Waals surface area contributed by atoms with Crippen LogP contribution in [0.2, 0.25) is 0 Å². The first-order chi connectivity index (χ1) is 16.6. The molecular weight excluding hydrogens is 452 g/mol. The summed E-state index contributed by atoms with van der Waals surface area (Å²) in [6.45, 7) is 4.81. The van der Waals surface area contributed by atoms with E-state index in [1.165, 1.54) is 5.56 Å². The van der Waals surface area contributed by atoms with Crippen LogP contribution in [0.3, 0.4) is 0 Å². The number of likely N-dealkylation sites (tertiary alicyclic amines) is 1. The van der Waals surface area contributed by atoms with Gasteiger partial charge in [0.15, 0.2) is 16.7 Å². The Bertz CT molecular complexity index is 1100. The van der Waals surface area contributed by atoms with Gasteiger partial charge in [-0.1, -0.05) is 23.9 Å². The summed E-state index contributed by atoms with van der Waals surface area (Å²) in [4.78, 5) is 14.6. The van der Waals surface area contributed by atoms with E-state index < -0.39 is 5.79 Å². The summed E-state index contributed by atoms with van der Waals surface area (Å²) >= 11 is 1.66. The van der Waals surface area contributed by atoms with Gasteiger partial charge in [-0.25, -0.2) is 0 Å². The lowest BCUT2D eigenvalue weighted by atomic mass is 10.0. The van der Waals surface area contributed by atoms with E-state index in [4.69, 9.17) is 13.9 Å². The van der Waals surface area contributed by atoms with Gasteiger partial charge in [0.05, 0.1) is 25.2 Å². The van der Waals surface area contributed by atoms with Gasteiger partial charge in [0.1, 0.15) is 0 Å². The van der Waals surface area contributed by atoms with Crippen molar-refractivity contribution in [1.29, 1.82) is 0 Å². The van der Waals surface area contributed by atoms with Crippen molar-refractivity contribution in [2.75, 3.05) is 32.1 Å². The van der Waals surface area contributed by atoms with Crippen LogP contribution >= 0.6 is 11.8 Å². The van der Waals surface area contributed by atoms with Gasteiger partial charge in [-0.15, -0.1) is 10.2 Å². The third kappa shape index (κ3) is 5.06. The fourth-order valence-corrected chi connectivity index (χ4v) is 5.46. The van der Waals surface area contributed by atoms with E-state index in [0.29, 0.717) is 44.3 Å². The fraction of sp³-hybridized carbons (Fsp3) is 0.480. The number of aryl methyl sites for hydroxylation is 1. The number of carbonyl (C=O) groups excluding carboxylic acids is 1. The van der Waals surface area contributed by atoms with Gasteiger partial charge in [0.25, 0.3) is 0 Å². The number of benzene rings is 1. The molecule has 34 heavy (non-hydrogen) atoms. The van der Waals surface area contributed by atoms with Crippen LogP contribution in [-0.4, -0.2) is 63.4 Å². The Kier molecular flexibility index (Phi) is 7.03. The molecule has 2 aliphatic heterocycles. The highest BCUT2D eigenvalue weighted by Crippen LogP contribution is 2.32. The van der Waals surface area contributed by atoms with Gasteiger partial charge in [-0.05, 0) is 49.6 Å². The molecule has 1 aromatic carbocycles. The van der Waals surface area contributed by atoms with Crippen molar-refractivity contribution in [3.8, 4) is 17.3 Å². The number of carbonyl (C=O) groups is 1. The quantitative estimate of drug-likeness (QED) is 0.346. The molecule has 2 aliphatic rings. The standard InChI is InChI=1S/C25H30N4O4S/c1-19-6-4-7-20(18-19)29-23(21-8-5-14-31-21)26-27-24(29)34-17-3-2-9-22(30)28-12-10-25(11-13-28)32-15-16-33-25/h4-8,14,18H,2-3,9-13,15-17H2,1H3. The largest absolute Gasteiger partial charge is 0.461 e. The lowest BCUT2D eigenvalue weighted by Gasteiger charge is -2.37. The van der Waals surface area contributed by atoms with Crippen molar-refractivity contribution < 1.29 is 18.7 Å². The number of nitrogens with zero attached hydrogens (tertiary/aromatic N) is 4. The molecule has 0 saturated carbocycles. The van der Waals surface area contributed by atoms with Crippen LogP contribution in [-0.2, 0) is 14.3 Å². The zero-order valence-electron chi connectivity index (χ0n) is 19.4. The Balaban J connectivity index is 1.14. The Labute approximate surface area is 203 Å². The van der Waals surface area contributed by atoms with E-state index in [2.05, 4.69) is 35.3 Å². The molecule has 0 radical (unpaired) electrons. The summed E-state index contributed by atoms with van der Waals surface area (Å²) in [6.07, 6.45) is 5.52. The van der Waals surface area contributed by atoms with Crippen molar-refractivity contribution in [2.24, 2.45) is 0 Å². The van der Waals surface area contributed by atoms with E-state index in [9.17, 15) is 4.79 Å². The molecule has 4 heterocycles. The maximum absolute atomic E-state index is 12.6.